The Balaban J connectivity index is 1.69. The summed E-state index contributed by atoms with van der Waals surface area (Å²) >= 11 is 0. The van der Waals surface area contributed by atoms with Gasteiger partial charge in [-0.1, -0.05) is 18.2 Å². The molecule has 1 aromatic carbocycles. The van der Waals surface area contributed by atoms with Crippen LogP contribution in [-0.4, -0.2) is 47.6 Å². The van der Waals surface area contributed by atoms with E-state index >= 15 is 0 Å². The van der Waals surface area contributed by atoms with Crippen LogP contribution in [0.5, 0.6) is 11.6 Å². The Morgan fingerprint density at radius 1 is 1.31 bits per heavy atom. The first-order valence-electron chi connectivity index (χ1n) is 8.99. The second kappa shape index (κ2) is 8.76. The molecule has 0 unspecified atom stereocenters. The van der Waals surface area contributed by atoms with Gasteiger partial charge in [0.1, 0.15) is 5.75 Å². The Morgan fingerprint density at radius 2 is 2.15 bits per heavy atom. The van der Waals surface area contributed by atoms with Gasteiger partial charge in [0.25, 0.3) is 0 Å². The van der Waals surface area contributed by atoms with Crippen LogP contribution in [0.4, 0.5) is 0 Å². The first-order chi connectivity index (χ1) is 12.7. The molecule has 6 heteroatoms. The predicted molar refractivity (Wildman–Crippen MR) is 98.3 cm³/mol. The third-order valence-corrected chi connectivity index (χ3v) is 4.65. The van der Waals surface area contributed by atoms with Gasteiger partial charge in [0.05, 0.1) is 24.9 Å². The van der Waals surface area contributed by atoms with Crippen LogP contribution in [0.25, 0.3) is 0 Å². The SMILES string of the molecule is COCCC(=O)N1CCC[C@H](c2cncc(Oc3ccccc3C)n2)C1. The van der Waals surface area contributed by atoms with Crippen LogP contribution >= 0.6 is 0 Å². The summed E-state index contributed by atoms with van der Waals surface area (Å²) in [5.74, 6) is 1.58. The van der Waals surface area contributed by atoms with E-state index in [9.17, 15) is 4.79 Å². The number of nitrogens with zero attached hydrogens (tertiary/aromatic N) is 3. The molecule has 1 amide bonds. The Hall–Kier alpha value is -2.47. The molecule has 1 saturated heterocycles. The van der Waals surface area contributed by atoms with Gasteiger partial charge in [0, 0.05) is 32.3 Å². The predicted octanol–water partition coefficient (Wildman–Crippen LogP) is 3.32. The van der Waals surface area contributed by atoms with Crippen molar-refractivity contribution >= 4 is 5.91 Å². The van der Waals surface area contributed by atoms with Crippen LogP contribution in [0.1, 0.15) is 36.4 Å². The summed E-state index contributed by atoms with van der Waals surface area (Å²) in [7, 11) is 1.61. The van der Waals surface area contributed by atoms with E-state index in [-0.39, 0.29) is 11.8 Å². The first kappa shape index (κ1) is 18.3. The molecule has 0 aliphatic carbocycles. The quantitative estimate of drug-likeness (QED) is 0.795. The molecular weight excluding hydrogens is 330 g/mol. The lowest BCUT2D eigenvalue weighted by atomic mass is 9.95. The van der Waals surface area contributed by atoms with Gasteiger partial charge < -0.3 is 14.4 Å². The lowest BCUT2D eigenvalue weighted by molar-refractivity contribution is -0.133. The topological polar surface area (TPSA) is 64.5 Å². The molecule has 1 atom stereocenters. The van der Waals surface area contributed by atoms with Gasteiger partial charge in [0.15, 0.2) is 0 Å². The minimum absolute atomic E-state index is 0.136. The number of aryl methyl sites for hydroxylation is 1. The fraction of sp³-hybridized carbons (Fsp3) is 0.450. The van der Waals surface area contributed by atoms with E-state index in [1.807, 2.05) is 36.1 Å². The van der Waals surface area contributed by atoms with Gasteiger partial charge >= 0.3 is 0 Å². The number of ether oxygens (including phenoxy) is 2. The third kappa shape index (κ3) is 4.58. The van der Waals surface area contributed by atoms with Crippen LogP contribution in [0, 0.1) is 6.92 Å². The minimum Gasteiger partial charge on any atom is -0.437 e. The number of amides is 1. The highest BCUT2D eigenvalue weighted by Crippen LogP contribution is 2.28. The number of methoxy groups -OCH3 is 1. The molecule has 0 saturated carbocycles. The normalized spacial score (nSPS) is 17.2. The molecule has 1 aromatic heterocycles. The molecule has 2 aromatic rings. The zero-order valence-corrected chi connectivity index (χ0v) is 15.4. The molecule has 6 nitrogen and oxygen atoms in total. The van der Waals surface area contributed by atoms with Gasteiger partial charge in [-0.05, 0) is 31.4 Å². The Morgan fingerprint density at radius 3 is 2.96 bits per heavy atom. The van der Waals surface area contributed by atoms with Crippen molar-refractivity contribution < 1.29 is 14.3 Å². The maximum absolute atomic E-state index is 12.3. The van der Waals surface area contributed by atoms with E-state index in [0.29, 0.717) is 25.5 Å². The largest absolute Gasteiger partial charge is 0.437 e. The number of carbonyl (C=O) groups is 1. The summed E-state index contributed by atoms with van der Waals surface area (Å²) in [6.07, 6.45) is 5.79. The van der Waals surface area contributed by atoms with E-state index in [2.05, 4.69) is 9.97 Å². The summed E-state index contributed by atoms with van der Waals surface area (Å²) in [6, 6.07) is 7.82. The van der Waals surface area contributed by atoms with Crippen molar-refractivity contribution in [3.63, 3.8) is 0 Å². The molecule has 1 aliphatic heterocycles. The Labute approximate surface area is 154 Å². The first-order valence-corrected chi connectivity index (χ1v) is 8.99. The molecule has 26 heavy (non-hydrogen) atoms. The summed E-state index contributed by atoms with van der Waals surface area (Å²) in [6.45, 7) is 3.92. The number of benzene rings is 1. The van der Waals surface area contributed by atoms with Crippen molar-refractivity contribution in [3.8, 4) is 11.6 Å². The summed E-state index contributed by atoms with van der Waals surface area (Å²) in [5, 5.41) is 0. The summed E-state index contributed by atoms with van der Waals surface area (Å²) < 4.78 is 10.9. The maximum atomic E-state index is 12.3. The number of aromatic nitrogens is 2. The standard InChI is InChI=1S/C20H25N3O3/c1-15-6-3-4-8-18(15)26-19-13-21-12-17(22-19)16-7-5-10-23(14-16)20(24)9-11-25-2/h3-4,6,8,12-13,16H,5,7,9-11,14H2,1-2H3/t16-/m0/s1. The minimum atomic E-state index is 0.136. The van der Waals surface area contributed by atoms with Crippen LogP contribution in [0.3, 0.4) is 0 Å². The highest BCUT2D eigenvalue weighted by Gasteiger charge is 2.26. The number of para-hydroxylation sites is 1. The average molecular weight is 355 g/mol. The van der Waals surface area contributed by atoms with Crippen LogP contribution < -0.4 is 4.74 Å². The van der Waals surface area contributed by atoms with Crippen LogP contribution in [0.2, 0.25) is 0 Å². The van der Waals surface area contributed by atoms with Gasteiger partial charge in [-0.2, -0.15) is 0 Å². The van der Waals surface area contributed by atoms with E-state index in [1.165, 1.54) is 0 Å². The van der Waals surface area contributed by atoms with Crippen molar-refractivity contribution in [2.24, 2.45) is 0 Å². The smallest absolute Gasteiger partial charge is 0.238 e. The van der Waals surface area contributed by atoms with Crippen molar-refractivity contribution in [3.05, 3.63) is 47.9 Å². The second-order valence-electron chi connectivity index (χ2n) is 6.57. The van der Waals surface area contributed by atoms with Crippen molar-refractivity contribution in [2.75, 3.05) is 26.8 Å². The molecular formula is C20H25N3O3. The number of hydrogen-bond acceptors (Lipinski definition) is 5. The number of piperidine rings is 1. The summed E-state index contributed by atoms with van der Waals surface area (Å²) in [4.78, 5) is 23.1. The number of hydrogen-bond donors (Lipinski definition) is 0. The number of rotatable bonds is 6. The Bertz CT molecular complexity index is 751. The molecule has 1 fully saturated rings. The monoisotopic (exact) mass is 355 g/mol. The third-order valence-electron chi connectivity index (χ3n) is 4.65. The van der Waals surface area contributed by atoms with Gasteiger partial charge in [-0.3, -0.25) is 9.78 Å². The number of likely N-dealkylation sites (tertiary alicyclic amines) is 1. The van der Waals surface area contributed by atoms with E-state index in [4.69, 9.17) is 9.47 Å². The molecule has 0 N–H and O–H groups in total. The molecule has 2 heterocycles. The van der Waals surface area contributed by atoms with Crippen molar-refractivity contribution in [2.45, 2.75) is 32.1 Å². The van der Waals surface area contributed by atoms with E-state index in [0.717, 1.165) is 36.4 Å². The van der Waals surface area contributed by atoms with Gasteiger partial charge in [-0.15, -0.1) is 0 Å². The Kier molecular flexibility index (Phi) is 6.17. The fourth-order valence-electron chi connectivity index (χ4n) is 3.18. The maximum Gasteiger partial charge on any atom is 0.238 e. The lowest BCUT2D eigenvalue weighted by Crippen LogP contribution is -2.39. The average Bonchev–Trinajstić information content (AvgIpc) is 2.68. The fourth-order valence-corrected chi connectivity index (χ4v) is 3.18. The molecule has 0 radical (unpaired) electrons. The number of carbonyl (C=O) groups excluding carboxylic acids is 1. The van der Waals surface area contributed by atoms with Crippen LogP contribution in [-0.2, 0) is 9.53 Å². The lowest BCUT2D eigenvalue weighted by Gasteiger charge is -2.32. The van der Waals surface area contributed by atoms with E-state index < -0.39 is 0 Å². The molecule has 138 valence electrons. The zero-order chi connectivity index (χ0) is 18.4. The second-order valence-corrected chi connectivity index (χ2v) is 6.57. The van der Waals surface area contributed by atoms with Gasteiger partial charge in [-0.25, -0.2) is 4.98 Å². The molecule has 0 bridgehead atoms. The molecule has 3 rings (SSSR count). The van der Waals surface area contributed by atoms with Crippen molar-refractivity contribution in [1.82, 2.24) is 14.9 Å². The van der Waals surface area contributed by atoms with Gasteiger partial charge in [0.2, 0.25) is 11.8 Å². The van der Waals surface area contributed by atoms with Crippen LogP contribution in [0.15, 0.2) is 36.7 Å². The molecule has 0 spiro atoms. The highest BCUT2D eigenvalue weighted by molar-refractivity contribution is 5.76. The zero-order valence-electron chi connectivity index (χ0n) is 15.4. The van der Waals surface area contributed by atoms with E-state index in [1.54, 1.807) is 19.5 Å². The molecule has 1 aliphatic rings. The van der Waals surface area contributed by atoms with Crippen molar-refractivity contribution in [1.29, 1.82) is 0 Å². The summed E-state index contributed by atoms with van der Waals surface area (Å²) in [5.41, 5.74) is 1.92. The highest BCUT2D eigenvalue weighted by atomic mass is 16.5.